The molecule has 0 radical (unpaired) electrons. The summed E-state index contributed by atoms with van der Waals surface area (Å²) in [6, 6.07) is 6.95. The van der Waals surface area contributed by atoms with Crippen molar-refractivity contribution in [3.63, 3.8) is 0 Å². The molecule has 1 saturated heterocycles. The van der Waals surface area contributed by atoms with Crippen molar-refractivity contribution in [1.29, 1.82) is 0 Å². The summed E-state index contributed by atoms with van der Waals surface area (Å²) in [7, 11) is 0. The van der Waals surface area contributed by atoms with Crippen molar-refractivity contribution in [3.8, 4) is 0 Å². The van der Waals surface area contributed by atoms with Crippen LogP contribution in [0.4, 0.5) is 5.82 Å². The molecule has 2 amide bonds. The number of nitrogens with zero attached hydrogens (tertiary/aromatic N) is 3. The first-order chi connectivity index (χ1) is 11.1. The molecule has 0 aliphatic carbocycles. The molecular weight excluding hydrogens is 296 g/mol. The minimum Gasteiger partial charge on any atom is -0.361 e. The minimum atomic E-state index is -0.247. The standard InChI is InChI=1S/C16H18N4O3/c1-11-9-13(19-23-11)16(22)20-8-4-5-12(10-20)15(21)18-14-6-2-3-7-17-14/h2-3,6-7,9,12H,4-5,8,10H2,1H3,(H,17,18,21)/t12-/m0/s1. The Balaban J connectivity index is 1.63. The summed E-state index contributed by atoms with van der Waals surface area (Å²) in [5.41, 5.74) is 0.285. The molecule has 0 spiro atoms. The zero-order valence-corrected chi connectivity index (χ0v) is 12.9. The molecule has 120 valence electrons. The van der Waals surface area contributed by atoms with E-state index in [1.54, 1.807) is 36.2 Å². The summed E-state index contributed by atoms with van der Waals surface area (Å²) >= 11 is 0. The van der Waals surface area contributed by atoms with E-state index in [4.69, 9.17) is 4.52 Å². The van der Waals surface area contributed by atoms with Crippen LogP contribution in [0, 0.1) is 12.8 Å². The van der Waals surface area contributed by atoms with Crippen molar-refractivity contribution >= 4 is 17.6 Å². The molecule has 3 rings (SSSR count). The summed E-state index contributed by atoms with van der Waals surface area (Å²) < 4.78 is 4.94. The van der Waals surface area contributed by atoms with Gasteiger partial charge in [-0.05, 0) is 31.9 Å². The molecule has 1 fully saturated rings. The SMILES string of the molecule is Cc1cc(C(=O)N2CCC[C@H](C(=O)Nc3ccccn3)C2)no1. The monoisotopic (exact) mass is 314 g/mol. The van der Waals surface area contributed by atoms with Gasteiger partial charge in [-0.15, -0.1) is 0 Å². The van der Waals surface area contributed by atoms with Gasteiger partial charge in [-0.1, -0.05) is 11.2 Å². The normalized spacial score (nSPS) is 17.8. The van der Waals surface area contributed by atoms with Crippen LogP contribution in [0.2, 0.25) is 0 Å². The summed E-state index contributed by atoms with van der Waals surface area (Å²) in [5, 5.41) is 6.54. The molecule has 7 nitrogen and oxygen atoms in total. The maximum atomic E-state index is 12.4. The number of aromatic nitrogens is 2. The number of pyridine rings is 1. The molecule has 1 aliphatic heterocycles. The molecule has 2 aromatic rings. The number of amides is 2. The zero-order valence-electron chi connectivity index (χ0n) is 12.9. The van der Waals surface area contributed by atoms with Crippen LogP contribution in [-0.4, -0.2) is 39.9 Å². The first-order valence-corrected chi connectivity index (χ1v) is 7.58. The van der Waals surface area contributed by atoms with E-state index in [2.05, 4.69) is 15.5 Å². The first kappa shape index (κ1) is 15.2. The molecular formula is C16H18N4O3. The van der Waals surface area contributed by atoms with Crippen LogP contribution in [0.3, 0.4) is 0 Å². The van der Waals surface area contributed by atoms with Gasteiger partial charge in [-0.2, -0.15) is 0 Å². The minimum absolute atomic E-state index is 0.113. The van der Waals surface area contributed by atoms with E-state index in [0.29, 0.717) is 24.7 Å². The van der Waals surface area contributed by atoms with Gasteiger partial charge in [0.1, 0.15) is 11.6 Å². The molecule has 1 aliphatic rings. The van der Waals surface area contributed by atoms with Gasteiger partial charge in [0, 0.05) is 25.4 Å². The van der Waals surface area contributed by atoms with Crippen LogP contribution in [-0.2, 0) is 4.79 Å². The Bertz CT molecular complexity index is 698. The van der Waals surface area contributed by atoms with Crippen LogP contribution in [0.15, 0.2) is 35.0 Å². The maximum absolute atomic E-state index is 12.4. The van der Waals surface area contributed by atoms with Crippen molar-refractivity contribution in [3.05, 3.63) is 41.9 Å². The lowest BCUT2D eigenvalue weighted by Crippen LogP contribution is -2.43. The van der Waals surface area contributed by atoms with E-state index in [9.17, 15) is 9.59 Å². The Morgan fingerprint density at radius 3 is 2.96 bits per heavy atom. The molecule has 1 atom stereocenters. The lowest BCUT2D eigenvalue weighted by atomic mass is 9.97. The van der Waals surface area contributed by atoms with E-state index in [1.165, 1.54) is 0 Å². The Hall–Kier alpha value is -2.70. The number of nitrogens with one attached hydrogen (secondary N) is 1. The number of hydrogen-bond acceptors (Lipinski definition) is 5. The van der Waals surface area contributed by atoms with Gasteiger partial charge in [0.15, 0.2) is 5.69 Å². The van der Waals surface area contributed by atoms with Gasteiger partial charge in [0.2, 0.25) is 5.91 Å². The number of rotatable bonds is 3. The maximum Gasteiger partial charge on any atom is 0.276 e. The van der Waals surface area contributed by atoms with E-state index in [1.807, 2.05) is 6.07 Å². The smallest absolute Gasteiger partial charge is 0.276 e. The van der Waals surface area contributed by atoms with Gasteiger partial charge in [0.05, 0.1) is 5.92 Å². The summed E-state index contributed by atoms with van der Waals surface area (Å²) in [5.74, 6) is 0.556. The molecule has 0 unspecified atom stereocenters. The van der Waals surface area contributed by atoms with Gasteiger partial charge < -0.3 is 14.7 Å². The van der Waals surface area contributed by atoms with Crippen LogP contribution in [0.5, 0.6) is 0 Å². The van der Waals surface area contributed by atoms with Gasteiger partial charge in [-0.3, -0.25) is 9.59 Å². The average Bonchev–Trinajstić information content (AvgIpc) is 3.01. The number of anilines is 1. The first-order valence-electron chi connectivity index (χ1n) is 7.58. The topological polar surface area (TPSA) is 88.3 Å². The van der Waals surface area contributed by atoms with E-state index < -0.39 is 0 Å². The lowest BCUT2D eigenvalue weighted by molar-refractivity contribution is -0.121. The molecule has 7 heteroatoms. The zero-order chi connectivity index (χ0) is 16.2. The fourth-order valence-electron chi connectivity index (χ4n) is 2.67. The molecule has 0 bridgehead atoms. The van der Waals surface area contributed by atoms with Crippen LogP contribution >= 0.6 is 0 Å². The highest BCUT2D eigenvalue weighted by Gasteiger charge is 2.30. The largest absolute Gasteiger partial charge is 0.361 e. The second kappa shape index (κ2) is 6.60. The quantitative estimate of drug-likeness (QED) is 0.934. The predicted octanol–water partition coefficient (Wildman–Crippen LogP) is 1.87. The number of likely N-dealkylation sites (tertiary alicyclic amines) is 1. The lowest BCUT2D eigenvalue weighted by Gasteiger charge is -2.31. The fraction of sp³-hybridized carbons (Fsp3) is 0.375. The summed E-state index contributed by atoms with van der Waals surface area (Å²) in [6.07, 6.45) is 3.16. The highest BCUT2D eigenvalue weighted by atomic mass is 16.5. The average molecular weight is 314 g/mol. The highest BCUT2D eigenvalue weighted by Crippen LogP contribution is 2.20. The molecule has 0 saturated carbocycles. The Kier molecular flexibility index (Phi) is 4.36. The third kappa shape index (κ3) is 3.56. The molecule has 3 heterocycles. The van der Waals surface area contributed by atoms with Crippen LogP contribution in [0.1, 0.15) is 29.1 Å². The van der Waals surface area contributed by atoms with Crippen molar-refractivity contribution in [2.24, 2.45) is 5.92 Å². The third-order valence-corrected chi connectivity index (χ3v) is 3.84. The van der Waals surface area contributed by atoms with Gasteiger partial charge >= 0.3 is 0 Å². The van der Waals surface area contributed by atoms with Crippen LogP contribution in [0.25, 0.3) is 0 Å². The van der Waals surface area contributed by atoms with Gasteiger partial charge in [-0.25, -0.2) is 4.98 Å². The number of piperidine rings is 1. The third-order valence-electron chi connectivity index (χ3n) is 3.84. The number of hydrogen-bond donors (Lipinski definition) is 1. The number of carbonyl (C=O) groups is 2. The fourth-order valence-corrected chi connectivity index (χ4v) is 2.67. The number of aryl methyl sites for hydroxylation is 1. The Morgan fingerprint density at radius 2 is 2.26 bits per heavy atom. The van der Waals surface area contributed by atoms with Gasteiger partial charge in [0.25, 0.3) is 5.91 Å². The van der Waals surface area contributed by atoms with Crippen molar-refractivity contribution in [1.82, 2.24) is 15.0 Å². The second-order valence-corrected chi connectivity index (χ2v) is 5.62. The van der Waals surface area contributed by atoms with Crippen molar-refractivity contribution in [2.45, 2.75) is 19.8 Å². The van der Waals surface area contributed by atoms with Crippen molar-refractivity contribution in [2.75, 3.05) is 18.4 Å². The molecule has 1 N–H and O–H groups in total. The van der Waals surface area contributed by atoms with E-state index in [-0.39, 0.29) is 23.4 Å². The van der Waals surface area contributed by atoms with Crippen molar-refractivity contribution < 1.29 is 14.1 Å². The molecule has 23 heavy (non-hydrogen) atoms. The molecule has 2 aromatic heterocycles. The number of carbonyl (C=O) groups excluding carboxylic acids is 2. The Morgan fingerprint density at radius 1 is 1.39 bits per heavy atom. The Labute approximate surface area is 133 Å². The highest BCUT2D eigenvalue weighted by molar-refractivity contribution is 5.94. The van der Waals surface area contributed by atoms with E-state index >= 15 is 0 Å². The molecule has 0 aromatic carbocycles. The second-order valence-electron chi connectivity index (χ2n) is 5.62. The summed E-state index contributed by atoms with van der Waals surface area (Å²) in [4.78, 5) is 30.5. The summed E-state index contributed by atoms with van der Waals surface area (Å²) in [6.45, 7) is 2.74. The van der Waals surface area contributed by atoms with Crippen LogP contribution < -0.4 is 5.32 Å². The predicted molar refractivity (Wildman–Crippen MR) is 82.7 cm³/mol. The van der Waals surface area contributed by atoms with E-state index in [0.717, 1.165) is 12.8 Å².